The predicted molar refractivity (Wildman–Crippen MR) is 195 cm³/mol. The van der Waals surface area contributed by atoms with Gasteiger partial charge in [0, 0.05) is 47.5 Å². The number of fused-ring (bicyclic) bond motifs is 1. The largest absolute Gasteiger partial charge is 0.371 e. The van der Waals surface area contributed by atoms with Crippen molar-refractivity contribution in [3.05, 3.63) is 105 Å². The third kappa shape index (κ3) is 8.01. The number of hydrogen-bond donors (Lipinski definition) is 4. The van der Waals surface area contributed by atoms with Gasteiger partial charge in [-0.1, -0.05) is 52.7 Å². The lowest BCUT2D eigenvalue weighted by molar-refractivity contribution is 0.0866. The second-order valence-corrected chi connectivity index (χ2v) is 14.9. The van der Waals surface area contributed by atoms with Crippen LogP contribution in [0.4, 0.5) is 21.5 Å². The molecule has 0 radical (unpaired) electrons. The molecule has 0 spiro atoms. The zero-order valence-corrected chi connectivity index (χ0v) is 30.0. The zero-order chi connectivity index (χ0) is 35.6. The summed E-state index contributed by atoms with van der Waals surface area (Å²) in [7, 11) is -2.77. The van der Waals surface area contributed by atoms with Crippen LogP contribution >= 0.6 is 23.2 Å². The van der Waals surface area contributed by atoms with Gasteiger partial charge in [-0.25, -0.2) is 22.2 Å². The number of piperidine rings is 1. The van der Waals surface area contributed by atoms with E-state index in [4.69, 9.17) is 23.2 Å². The minimum atomic E-state index is -2.77. The van der Waals surface area contributed by atoms with E-state index in [-0.39, 0.29) is 28.7 Å². The minimum Gasteiger partial charge on any atom is -0.371 e. The number of anilines is 3. The summed E-state index contributed by atoms with van der Waals surface area (Å²) in [5.74, 6) is -0.563. The topological polar surface area (TPSA) is 141 Å². The first-order valence-corrected chi connectivity index (χ1v) is 18.0. The molecule has 50 heavy (non-hydrogen) atoms. The van der Waals surface area contributed by atoms with E-state index in [0.29, 0.717) is 38.7 Å². The number of nitriles is 1. The van der Waals surface area contributed by atoms with Gasteiger partial charge in [-0.3, -0.25) is 9.88 Å². The Morgan fingerprint density at radius 3 is 2.58 bits per heavy atom. The molecule has 0 aliphatic carbocycles. The molecule has 3 heterocycles. The fraction of sp³-hybridized carbons (Fsp3) is 0.314. The third-order valence-electron chi connectivity index (χ3n) is 8.85. The predicted octanol–water partition coefficient (Wildman–Crippen LogP) is 7.14. The second-order valence-electron chi connectivity index (χ2n) is 13.2. The molecule has 260 valence electrons. The molecule has 1 saturated heterocycles. The number of rotatable bonds is 10. The van der Waals surface area contributed by atoms with Gasteiger partial charge in [-0.05, 0) is 75.1 Å². The molecule has 6 rings (SSSR count). The normalized spacial score (nSPS) is 14.9. The lowest BCUT2D eigenvalue weighted by atomic mass is 9.98. The summed E-state index contributed by atoms with van der Waals surface area (Å²) in [6.45, 7) is 8.70. The van der Waals surface area contributed by atoms with Crippen LogP contribution in [0.2, 0.25) is 10.0 Å². The van der Waals surface area contributed by atoms with Crippen LogP contribution < -0.4 is 15.4 Å². The van der Waals surface area contributed by atoms with Crippen LogP contribution in [0.1, 0.15) is 68.1 Å². The Kier molecular flexibility index (Phi) is 10.6. The van der Waals surface area contributed by atoms with Crippen LogP contribution in [-0.2, 0) is 17.4 Å². The number of hydrogen-bond acceptors (Lipinski definition) is 9. The monoisotopic (exact) mass is 735 g/mol. The highest BCUT2D eigenvalue weighted by Crippen LogP contribution is 2.38. The lowest BCUT2D eigenvalue weighted by Gasteiger charge is -2.40. The number of thiol groups is 1. The van der Waals surface area contributed by atoms with Crippen molar-refractivity contribution >= 4 is 62.1 Å². The molecule has 1 fully saturated rings. The number of pyridine rings is 1. The van der Waals surface area contributed by atoms with Gasteiger partial charge >= 0.3 is 0 Å². The molecule has 0 unspecified atom stereocenters. The van der Waals surface area contributed by atoms with Crippen LogP contribution in [0.3, 0.4) is 0 Å². The first-order chi connectivity index (χ1) is 23.9. The molecular formula is C35H36Cl2FN9O2S. The lowest BCUT2D eigenvalue weighted by Crippen LogP contribution is -2.46. The van der Waals surface area contributed by atoms with Crippen molar-refractivity contribution in [2.75, 3.05) is 23.7 Å². The Labute approximate surface area is 301 Å². The maximum atomic E-state index is 13.9. The van der Waals surface area contributed by atoms with Crippen molar-refractivity contribution in [2.24, 2.45) is 0 Å². The van der Waals surface area contributed by atoms with Gasteiger partial charge in [0.2, 0.25) is 10.9 Å². The number of benzene rings is 3. The molecular weight excluding hydrogens is 700 g/mol. The van der Waals surface area contributed by atoms with Crippen molar-refractivity contribution in [3.63, 3.8) is 0 Å². The highest BCUT2D eigenvalue weighted by atomic mass is 35.5. The highest BCUT2D eigenvalue weighted by molar-refractivity contribution is 7.70. The molecule has 1 aliphatic heterocycles. The average Bonchev–Trinajstić information content (AvgIpc) is 3.58. The van der Waals surface area contributed by atoms with E-state index in [9.17, 15) is 18.1 Å². The van der Waals surface area contributed by atoms with Crippen LogP contribution in [0, 0.1) is 17.1 Å². The molecule has 1 aliphatic rings. The van der Waals surface area contributed by atoms with Crippen molar-refractivity contribution < 1.29 is 12.8 Å². The van der Waals surface area contributed by atoms with Crippen molar-refractivity contribution in [1.29, 1.82) is 5.26 Å². The number of likely N-dealkylation sites (tertiary alicyclic amines) is 1. The van der Waals surface area contributed by atoms with Crippen LogP contribution in [0.25, 0.3) is 10.9 Å². The zero-order valence-electron chi connectivity index (χ0n) is 27.6. The van der Waals surface area contributed by atoms with E-state index in [2.05, 4.69) is 62.4 Å². The summed E-state index contributed by atoms with van der Waals surface area (Å²) in [5, 5.41) is 26.8. The molecule has 3 N–H and O–H groups in total. The Hall–Kier alpha value is -4.32. The van der Waals surface area contributed by atoms with Gasteiger partial charge < -0.3 is 10.6 Å². The maximum Gasteiger partial charge on any atom is 0.201 e. The molecule has 0 amide bonds. The minimum absolute atomic E-state index is 0.0672. The third-order valence-corrected chi connectivity index (χ3v) is 9.78. The van der Waals surface area contributed by atoms with E-state index in [1.807, 2.05) is 35.1 Å². The summed E-state index contributed by atoms with van der Waals surface area (Å²) < 4.78 is 40.9. The number of nitrogens with zero attached hydrogens (tertiary/aromatic N) is 6. The summed E-state index contributed by atoms with van der Waals surface area (Å²) in [5.41, 5.74) is 4.52. The Morgan fingerprint density at radius 1 is 1.10 bits per heavy atom. The van der Waals surface area contributed by atoms with E-state index in [1.54, 1.807) is 12.1 Å². The molecule has 15 heteroatoms. The number of nitrogens with one attached hydrogen (secondary N) is 3. The van der Waals surface area contributed by atoms with Gasteiger partial charge in [0.15, 0.2) is 0 Å². The van der Waals surface area contributed by atoms with Crippen molar-refractivity contribution in [1.82, 2.24) is 29.6 Å². The average molecular weight is 737 g/mol. The molecule has 11 nitrogen and oxygen atoms in total. The van der Waals surface area contributed by atoms with E-state index >= 15 is 0 Å². The van der Waals surface area contributed by atoms with Crippen molar-refractivity contribution in [2.45, 2.75) is 57.8 Å². The fourth-order valence-electron chi connectivity index (χ4n) is 6.24. The first kappa shape index (κ1) is 35.5. The van der Waals surface area contributed by atoms with Crippen LogP contribution in [0.15, 0.2) is 67.0 Å². The van der Waals surface area contributed by atoms with E-state index in [1.165, 1.54) is 24.4 Å². The Bertz CT molecular complexity index is 2150. The summed E-state index contributed by atoms with van der Waals surface area (Å²) >= 11 is 12.8. The smallest absolute Gasteiger partial charge is 0.201 e. The standard InChI is InChI=1S/C35H36Cl2FN9O2S/c1-35(2,3)46-11-9-26(10-12-46)47-20-31(44-45-47)33(22-6-4-5-21(13-22)18-41-50(48)49)43-30-15-24(36)14-27-32(23(17-39)19-40-34(27)30)42-25-7-8-29(38)28(37)16-25/h4-8,13-16,19-20,26,33,43,50H,9-12,18H2,1-3H3,(H,40,42)(H,41,48,49)/t33-/m0/s1. The summed E-state index contributed by atoms with van der Waals surface area (Å²) in [6, 6.07) is 17.0. The number of halogens is 3. The second kappa shape index (κ2) is 14.9. The van der Waals surface area contributed by atoms with Gasteiger partial charge in [0.1, 0.15) is 17.6 Å². The molecule has 1 atom stereocenters. The fourth-order valence-corrected chi connectivity index (χ4v) is 6.95. The van der Waals surface area contributed by atoms with Gasteiger partial charge in [0.25, 0.3) is 0 Å². The molecule has 5 aromatic rings. The summed E-state index contributed by atoms with van der Waals surface area (Å²) in [6.07, 6.45) is 5.28. The maximum absolute atomic E-state index is 13.9. The molecule has 0 saturated carbocycles. The SMILES string of the molecule is CC(C)(C)N1CCC(n2cc([C@@H](Nc3cc(Cl)cc4c(Nc5ccc(F)c(Cl)c5)c(C#N)cnc34)c3cccc(CN[SH](=O)=O)c3)nn2)CC1. The molecule has 3 aromatic carbocycles. The van der Waals surface area contributed by atoms with E-state index < -0.39 is 22.7 Å². The van der Waals surface area contributed by atoms with E-state index in [0.717, 1.165) is 37.1 Å². The van der Waals surface area contributed by atoms with Gasteiger partial charge in [-0.2, -0.15) is 5.26 Å². The van der Waals surface area contributed by atoms with Crippen LogP contribution in [-0.4, -0.2) is 51.9 Å². The highest BCUT2D eigenvalue weighted by Gasteiger charge is 2.29. The van der Waals surface area contributed by atoms with Gasteiger partial charge in [0.05, 0.1) is 45.8 Å². The quantitative estimate of drug-likeness (QED) is 0.110. The van der Waals surface area contributed by atoms with Crippen LogP contribution in [0.5, 0.6) is 0 Å². The number of aromatic nitrogens is 4. The summed E-state index contributed by atoms with van der Waals surface area (Å²) in [4.78, 5) is 7.12. The molecule has 2 aromatic heterocycles. The van der Waals surface area contributed by atoms with Crippen molar-refractivity contribution in [3.8, 4) is 6.07 Å². The Balaban J connectivity index is 1.40. The molecule has 0 bridgehead atoms. The van der Waals surface area contributed by atoms with Gasteiger partial charge in [-0.15, -0.1) is 5.10 Å². The first-order valence-electron chi connectivity index (χ1n) is 16.0. The Morgan fingerprint density at radius 2 is 1.88 bits per heavy atom.